The summed E-state index contributed by atoms with van der Waals surface area (Å²) in [6, 6.07) is 13.5. The van der Waals surface area contributed by atoms with Crippen LogP contribution in [0.4, 0.5) is 5.69 Å². The second kappa shape index (κ2) is 8.57. The second-order valence-electron chi connectivity index (χ2n) is 7.22. The van der Waals surface area contributed by atoms with Crippen molar-refractivity contribution in [2.75, 3.05) is 18.4 Å². The quantitative estimate of drug-likeness (QED) is 0.850. The van der Waals surface area contributed by atoms with Gasteiger partial charge in [-0.1, -0.05) is 47.5 Å². The topological polar surface area (TPSA) is 49.4 Å². The van der Waals surface area contributed by atoms with E-state index in [1.165, 1.54) is 0 Å². The molecule has 1 heterocycles. The molecule has 0 radical (unpaired) electrons. The van der Waals surface area contributed by atoms with Crippen LogP contribution in [-0.4, -0.2) is 29.8 Å². The minimum Gasteiger partial charge on any atom is -0.342 e. The predicted molar refractivity (Wildman–Crippen MR) is 109 cm³/mol. The third-order valence-corrected chi connectivity index (χ3v) is 5.59. The Bertz CT molecular complexity index is 842. The summed E-state index contributed by atoms with van der Waals surface area (Å²) in [5.74, 6) is 0.0581. The maximum Gasteiger partial charge on any atom is 0.227 e. The molecule has 1 fully saturated rings. The highest BCUT2D eigenvalue weighted by molar-refractivity contribution is 6.31. The minimum absolute atomic E-state index is 0.00569. The fraction of sp³-hybridized carbons (Fsp3) is 0.364. The van der Waals surface area contributed by atoms with Crippen LogP contribution in [0, 0.1) is 19.8 Å². The van der Waals surface area contributed by atoms with E-state index in [4.69, 9.17) is 11.6 Å². The first-order chi connectivity index (χ1) is 12.9. The van der Waals surface area contributed by atoms with E-state index in [-0.39, 0.29) is 17.7 Å². The van der Waals surface area contributed by atoms with Gasteiger partial charge in [-0.15, -0.1) is 0 Å². The molecule has 5 heteroatoms. The lowest BCUT2D eigenvalue weighted by Crippen LogP contribution is -2.42. The summed E-state index contributed by atoms with van der Waals surface area (Å²) in [5.41, 5.74) is 3.83. The zero-order valence-electron chi connectivity index (χ0n) is 15.8. The highest BCUT2D eigenvalue weighted by atomic mass is 35.5. The van der Waals surface area contributed by atoms with Gasteiger partial charge in [-0.2, -0.15) is 0 Å². The summed E-state index contributed by atoms with van der Waals surface area (Å²) in [6.45, 7) is 5.17. The maximum atomic E-state index is 12.6. The predicted octanol–water partition coefficient (Wildman–Crippen LogP) is 4.38. The van der Waals surface area contributed by atoms with Crippen molar-refractivity contribution < 1.29 is 9.59 Å². The average molecular weight is 385 g/mol. The number of hydrogen-bond donors (Lipinski definition) is 1. The van der Waals surface area contributed by atoms with E-state index in [2.05, 4.69) is 5.32 Å². The molecular weight excluding hydrogens is 360 g/mol. The Morgan fingerprint density at radius 3 is 2.52 bits per heavy atom. The van der Waals surface area contributed by atoms with Gasteiger partial charge in [0.1, 0.15) is 0 Å². The Morgan fingerprint density at radius 1 is 1.11 bits per heavy atom. The molecule has 0 aliphatic carbocycles. The van der Waals surface area contributed by atoms with Gasteiger partial charge in [0.05, 0.1) is 6.42 Å². The normalized spacial score (nSPS) is 14.9. The highest BCUT2D eigenvalue weighted by Crippen LogP contribution is 2.25. The van der Waals surface area contributed by atoms with Crippen LogP contribution in [0.1, 0.15) is 29.5 Å². The standard InChI is InChI=1S/C22H25ClN2O2/c1-15-5-3-6-17(13-15)14-21(26)25-11-9-18(10-12-25)22(27)24-20-8-4-7-19(23)16(20)2/h3-8,13,18H,9-12,14H2,1-2H3,(H,24,27). The first kappa shape index (κ1) is 19.4. The number of piperidine rings is 1. The molecule has 1 saturated heterocycles. The van der Waals surface area contributed by atoms with Crippen molar-refractivity contribution in [1.29, 1.82) is 0 Å². The van der Waals surface area contributed by atoms with Crippen LogP contribution < -0.4 is 5.32 Å². The fourth-order valence-electron chi connectivity index (χ4n) is 3.48. The number of halogens is 1. The Kier molecular flexibility index (Phi) is 6.17. The highest BCUT2D eigenvalue weighted by Gasteiger charge is 2.27. The number of rotatable bonds is 4. The smallest absolute Gasteiger partial charge is 0.227 e. The van der Waals surface area contributed by atoms with E-state index in [9.17, 15) is 9.59 Å². The van der Waals surface area contributed by atoms with Crippen molar-refractivity contribution in [3.8, 4) is 0 Å². The molecule has 0 atom stereocenters. The van der Waals surface area contributed by atoms with E-state index >= 15 is 0 Å². The van der Waals surface area contributed by atoms with Crippen LogP contribution >= 0.6 is 11.6 Å². The molecule has 0 spiro atoms. The molecule has 0 unspecified atom stereocenters. The maximum absolute atomic E-state index is 12.6. The van der Waals surface area contributed by atoms with Crippen molar-refractivity contribution in [3.63, 3.8) is 0 Å². The second-order valence-corrected chi connectivity index (χ2v) is 7.63. The first-order valence-electron chi connectivity index (χ1n) is 9.33. The lowest BCUT2D eigenvalue weighted by Gasteiger charge is -2.31. The molecule has 1 aliphatic heterocycles. The minimum atomic E-state index is -0.0774. The molecule has 142 valence electrons. The molecule has 0 saturated carbocycles. The van der Waals surface area contributed by atoms with Gasteiger partial charge in [-0.25, -0.2) is 0 Å². The summed E-state index contributed by atoms with van der Waals surface area (Å²) in [4.78, 5) is 27.0. The monoisotopic (exact) mass is 384 g/mol. The van der Waals surface area contributed by atoms with E-state index in [1.807, 2.05) is 61.2 Å². The van der Waals surface area contributed by atoms with Gasteiger partial charge in [-0.05, 0) is 49.9 Å². The number of hydrogen-bond acceptors (Lipinski definition) is 2. The van der Waals surface area contributed by atoms with E-state index in [1.54, 1.807) is 0 Å². The van der Waals surface area contributed by atoms with Crippen molar-refractivity contribution in [1.82, 2.24) is 4.90 Å². The number of amides is 2. The van der Waals surface area contributed by atoms with Crippen LogP contribution in [0.25, 0.3) is 0 Å². The number of nitrogens with one attached hydrogen (secondary N) is 1. The third kappa shape index (κ3) is 4.89. The Balaban J connectivity index is 1.53. The van der Waals surface area contributed by atoms with Crippen LogP contribution in [0.5, 0.6) is 0 Å². The average Bonchev–Trinajstić information content (AvgIpc) is 2.65. The summed E-state index contributed by atoms with van der Waals surface area (Å²) in [5, 5.41) is 3.63. The summed E-state index contributed by atoms with van der Waals surface area (Å²) in [7, 11) is 0. The SMILES string of the molecule is Cc1cccc(CC(=O)N2CCC(C(=O)Nc3cccc(Cl)c3C)CC2)c1. The van der Waals surface area contributed by atoms with Gasteiger partial charge in [-0.3, -0.25) is 9.59 Å². The third-order valence-electron chi connectivity index (χ3n) is 5.18. The van der Waals surface area contributed by atoms with Gasteiger partial charge < -0.3 is 10.2 Å². The molecule has 0 bridgehead atoms. The van der Waals surface area contributed by atoms with Gasteiger partial charge in [0.15, 0.2) is 0 Å². The molecule has 0 aromatic heterocycles. The summed E-state index contributed by atoms with van der Waals surface area (Å²) < 4.78 is 0. The van der Waals surface area contributed by atoms with E-state index in [0.29, 0.717) is 37.4 Å². The van der Waals surface area contributed by atoms with Crippen LogP contribution in [0.3, 0.4) is 0 Å². The first-order valence-corrected chi connectivity index (χ1v) is 9.71. The number of aryl methyl sites for hydroxylation is 1. The van der Waals surface area contributed by atoms with Gasteiger partial charge in [0, 0.05) is 29.7 Å². The number of carbonyl (C=O) groups excluding carboxylic acids is 2. The Hall–Kier alpha value is -2.33. The van der Waals surface area contributed by atoms with Gasteiger partial charge >= 0.3 is 0 Å². The lowest BCUT2D eigenvalue weighted by atomic mass is 9.95. The van der Waals surface area contributed by atoms with Crippen molar-refractivity contribution in [2.45, 2.75) is 33.1 Å². The molecule has 2 aromatic carbocycles. The van der Waals surface area contributed by atoms with Crippen LogP contribution in [-0.2, 0) is 16.0 Å². The fourth-order valence-corrected chi connectivity index (χ4v) is 3.65. The number of benzene rings is 2. The Labute approximate surface area is 165 Å². The molecule has 2 aromatic rings. The lowest BCUT2D eigenvalue weighted by molar-refractivity contribution is -0.133. The molecule has 27 heavy (non-hydrogen) atoms. The number of carbonyl (C=O) groups is 2. The molecule has 2 amide bonds. The van der Waals surface area contributed by atoms with E-state index in [0.717, 1.165) is 22.4 Å². The van der Waals surface area contributed by atoms with Gasteiger partial charge in [0.2, 0.25) is 11.8 Å². The van der Waals surface area contributed by atoms with Crippen molar-refractivity contribution >= 4 is 29.1 Å². The van der Waals surface area contributed by atoms with Crippen molar-refractivity contribution in [2.24, 2.45) is 5.92 Å². The van der Waals surface area contributed by atoms with Crippen molar-refractivity contribution in [3.05, 3.63) is 64.2 Å². The van der Waals surface area contributed by atoms with Crippen LogP contribution in [0.2, 0.25) is 5.02 Å². The number of likely N-dealkylation sites (tertiary alicyclic amines) is 1. The number of nitrogens with zero attached hydrogens (tertiary/aromatic N) is 1. The molecule has 1 N–H and O–H groups in total. The van der Waals surface area contributed by atoms with E-state index < -0.39 is 0 Å². The summed E-state index contributed by atoms with van der Waals surface area (Å²) in [6.07, 6.45) is 1.79. The van der Waals surface area contributed by atoms with Crippen LogP contribution in [0.15, 0.2) is 42.5 Å². The zero-order valence-corrected chi connectivity index (χ0v) is 16.6. The number of anilines is 1. The largest absolute Gasteiger partial charge is 0.342 e. The molecule has 1 aliphatic rings. The molecule has 3 rings (SSSR count). The van der Waals surface area contributed by atoms with Gasteiger partial charge in [0.25, 0.3) is 0 Å². The Morgan fingerprint density at radius 2 is 1.81 bits per heavy atom. The summed E-state index contributed by atoms with van der Waals surface area (Å²) >= 11 is 6.12. The zero-order chi connectivity index (χ0) is 19.4. The molecule has 4 nitrogen and oxygen atoms in total. The molecular formula is C22H25ClN2O2.